The highest BCUT2D eigenvalue weighted by molar-refractivity contribution is 5.95. The Morgan fingerprint density at radius 1 is 1.32 bits per heavy atom. The van der Waals surface area contributed by atoms with Gasteiger partial charge in [-0.25, -0.2) is 0 Å². The fourth-order valence-electron chi connectivity index (χ4n) is 4.77. The van der Waals surface area contributed by atoms with E-state index in [2.05, 4.69) is 30.4 Å². The largest absolute Gasteiger partial charge is 0.309 e. The van der Waals surface area contributed by atoms with E-state index in [1.54, 1.807) is 0 Å². The SMILES string of the molecule is CCC(=O)N1c2ccccc2[C@H](NCC23CC(C2)C3)C[C@@H]1C. The van der Waals surface area contributed by atoms with Gasteiger partial charge in [0.15, 0.2) is 0 Å². The van der Waals surface area contributed by atoms with E-state index in [4.69, 9.17) is 0 Å². The molecule has 1 aliphatic heterocycles. The Morgan fingerprint density at radius 2 is 2.05 bits per heavy atom. The molecule has 1 aromatic rings. The zero-order valence-electron chi connectivity index (χ0n) is 13.6. The molecule has 118 valence electrons. The van der Waals surface area contributed by atoms with Crippen molar-refractivity contribution in [2.75, 3.05) is 11.4 Å². The lowest BCUT2D eigenvalue weighted by Crippen LogP contribution is -2.57. The highest BCUT2D eigenvalue weighted by Gasteiger charge is 2.56. The van der Waals surface area contributed by atoms with Gasteiger partial charge < -0.3 is 10.2 Å². The maximum absolute atomic E-state index is 12.3. The molecule has 0 unspecified atom stereocenters. The van der Waals surface area contributed by atoms with Crippen molar-refractivity contribution in [1.29, 1.82) is 0 Å². The molecule has 2 bridgehead atoms. The molecule has 0 saturated heterocycles. The number of benzene rings is 1. The lowest BCUT2D eigenvalue weighted by atomic mass is 9.44. The molecule has 3 aliphatic carbocycles. The average molecular weight is 298 g/mol. The van der Waals surface area contributed by atoms with E-state index in [0.717, 1.165) is 24.6 Å². The summed E-state index contributed by atoms with van der Waals surface area (Å²) in [7, 11) is 0. The number of rotatable bonds is 4. The quantitative estimate of drug-likeness (QED) is 0.920. The molecule has 3 fully saturated rings. The number of hydrogen-bond donors (Lipinski definition) is 1. The van der Waals surface area contributed by atoms with Crippen LogP contribution in [0.15, 0.2) is 24.3 Å². The summed E-state index contributed by atoms with van der Waals surface area (Å²) in [6, 6.07) is 9.10. The number of fused-ring (bicyclic) bond motifs is 1. The summed E-state index contributed by atoms with van der Waals surface area (Å²) in [5.41, 5.74) is 3.04. The molecular weight excluding hydrogens is 272 g/mol. The third-order valence-corrected chi connectivity index (χ3v) is 6.05. The van der Waals surface area contributed by atoms with Crippen molar-refractivity contribution >= 4 is 11.6 Å². The molecule has 22 heavy (non-hydrogen) atoms. The molecule has 0 spiro atoms. The zero-order valence-corrected chi connectivity index (χ0v) is 13.6. The molecule has 5 rings (SSSR count). The van der Waals surface area contributed by atoms with Crippen molar-refractivity contribution in [3.8, 4) is 0 Å². The Balaban J connectivity index is 1.56. The van der Waals surface area contributed by atoms with Gasteiger partial charge in [-0.15, -0.1) is 0 Å². The average Bonchev–Trinajstić information content (AvgIpc) is 2.43. The molecule has 4 aliphatic rings. The highest BCUT2D eigenvalue weighted by Crippen LogP contribution is 2.64. The van der Waals surface area contributed by atoms with E-state index in [9.17, 15) is 4.79 Å². The first kappa shape index (κ1) is 14.3. The maximum atomic E-state index is 12.3. The lowest BCUT2D eigenvalue weighted by molar-refractivity contribution is -0.119. The van der Waals surface area contributed by atoms with Gasteiger partial charge in [-0.1, -0.05) is 25.1 Å². The van der Waals surface area contributed by atoms with Crippen LogP contribution in [0.3, 0.4) is 0 Å². The van der Waals surface area contributed by atoms with E-state index in [1.807, 2.05) is 17.9 Å². The van der Waals surface area contributed by atoms with Crippen molar-refractivity contribution in [1.82, 2.24) is 5.32 Å². The van der Waals surface area contributed by atoms with Crippen molar-refractivity contribution < 1.29 is 4.79 Å². The zero-order chi connectivity index (χ0) is 15.3. The Bertz CT molecular complexity index is 580. The number of hydrogen-bond acceptors (Lipinski definition) is 2. The van der Waals surface area contributed by atoms with E-state index in [0.29, 0.717) is 17.9 Å². The minimum absolute atomic E-state index is 0.234. The van der Waals surface area contributed by atoms with E-state index in [1.165, 1.54) is 24.8 Å². The molecule has 3 nitrogen and oxygen atoms in total. The van der Waals surface area contributed by atoms with Crippen LogP contribution in [0.4, 0.5) is 5.69 Å². The lowest BCUT2D eigenvalue weighted by Gasteiger charge is -2.62. The summed E-state index contributed by atoms with van der Waals surface area (Å²) in [6.45, 7) is 5.28. The molecular formula is C19H26N2O. The second kappa shape index (κ2) is 5.09. The number of nitrogens with zero attached hydrogens (tertiary/aromatic N) is 1. The number of para-hydroxylation sites is 1. The Kier molecular flexibility index (Phi) is 3.30. The van der Waals surface area contributed by atoms with Gasteiger partial charge in [0, 0.05) is 30.7 Å². The Labute approximate surface area is 133 Å². The fraction of sp³-hybridized carbons (Fsp3) is 0.632. The molecule has 3 heteroatoms. The first-order valence-corrected chi connectivity index (χ1v) is 8.76. The third kappa shape index (κ3) is 2.10. The maximum Gasteiger partial charge on any atom is 0.226 e. The first-order valence-electron chi connectivity index (χ1n) is 8.76. The molecule has 1 aromatic carbocycles. The van der Waals surface area contributed by atoms with Crippen LogP contribution >= 0.6 is 0 Å². The molecule has 1 N–H and O–H groups in total. The Morgan fingerprint density at radius 3 is 2.68 bits per heavy atom. The van der Waals surface area contributed by atoms with Crippen LogP contribution in [0.1, 0.15) is 57.6 Å². The third-order valence-electron chi connectivity index (χ3n) is 6.05. The van der Waals surface area contributed by atoms with E-state index >= 15 is 0 Å². The van der Waals surface area contributed by atoms with Gasteiger partial charge in [0.05, 0.1) is 0 Å². The molecule has 3 saturated carbocycles. The molecule has 0 radical (unpaired) electrons. The summed E-state index contributed by atoms with van der Waals surface area (Å²) in [5.74, 6) is 1.27. The van der Waals surface area contributed by atoms with Crippen LogP contribution in [-0.2, 0) is 4.79 Å². The van der Waals surface area contributed by atoms with Gasteiger partial charge >= 0.3 is 0 Å². The van der Waals surface area contributed by atoms with E-state index < -0.39 is 0 Å². The fourth-order valence-corrected chi connectivity index (χ4v) is 4.77. The summed E-state index contributed by atoms with van der Waals surface area (Å²) < 4.78 is 0. The molecule has 2 atom stereocenters. The number of carbonyl (C=O) groups excluding carboxylic acids is 1. The normalized spacial score (nSPS) is 35.4. The number of carbonyl (C=O) groups is 1. The van der Waals surface area contributed by atoms with Crippen LogP contribution in [0.2, 0.25) is 0 Å². The van der Waals surface area contributed by atoms with Gasteiger partial charge in [-0.05, 0) is 55.6 Å². The van der Waals surface area contributed by atoms with Crippen molar-refractivity contribution in [3.05, 3.63) is 29.8 Å². The van der Waals surface area contributed by atoms with Crippen LogP contribution in [0, 0.1) is 11.3 Å². The van der Waals surface area contributed by atoms with Crippen molar-refractivity contribution in [2.24, 2.45) is 11.3 Å². The van der Waals surface area contributed by atoms with Crippen LogP contribution in [0.5, 0.6) is 0 Å². The smallest absolute Gasteiger partial charge is 0.226 e. The standard InChI is InChI=1S/C19H26N2O/c1-3-18(22)21-13(2)8-16(15-6-4-5-7-17(15)21)20-12-19-9-14(10-19)11-19/h4-7,13-14,16,20H,3,8-12H2,1-2H3/t13-,14?,16+,19?/m0/s1. The molecule has 1 amide bonds. The second-order valence-electron chi connectivity index (χ2n) is 7.67. The topological polar surface area (TPSA) is 32.3 Å². The number of anilines is 1. The first-order chi connectivity index (χ1) is 10.6. The van der Waals surface area contributed by atoms with E-state index in [-0.39, 0.29) is 11.9 Å². The predicted octanol–water partition coefficient (Wildman–Crippen LogP) is 3.65. The van der Waals surface area contributed by atoms with Gasteiger partial charge in [0.25, 0.3) is 0 Å². The molecule has 1 heterocycles. The van der Waals surface area contributed by atoms with Gasteiger partial charge in [0.1, 0.15) is 0 Å². The number of amides is 1. The Hall–Kier alpha value is -1.35. The number of nitrogens with one attached hydrogen (secondary N) is 1. The second-order valence-corrected chi connectivity index (χ2v) is 7.67. The molecule has 0 aromatic heterocycles. The monoisotopic (exact) mass is 298 g/mol. The minimum atomic E-state index is 0.234. The van der Waals surface area contributed by atoms with Gasteiger partial charge in [-0.2, -0.15) is 0 Å². The minimum Gasteiger partial charge on any atom is -0.309 e. The summed E-state index contributed by atoms with van der Waals surface area (Å²) >= 11 is 0. The van der Waals surface area contributed by atoms with Gasteiger partial charge in [-0.3, -0.25) is 4.79 Å². The van der Waals surface area contributed by atoms with Gasteiger partial charge in [0.2, 0.25) is 5.91 Å². The van der Waals surface area contributed by atoms with Crippen LogP contribution < -0.4 is 10.2 Å². The van der Waals surface area contributed by atoms with Crippen LogP contribution in [-0.4, -0.2) is 18.5 Å². The highest BCUT2D eigenvalue weighted by atomic mass is 16.2. The van der Waals surface area contributed by atoms with Crippen molar-refractivity contribution in [2.45, 2.75) is 58.0 Å². The summed E-state index contributed by atoms with van der Waals surface area (Å²) in [6.07, 6.45) is 5.89. The predicted molar refractivity (Wildman–Crippen MR) is 88.8 cm³/mol. The summed E-state index contributed by atoms with van der Waals surface area (Å²) in [4.78, 5) is 14.3. The van der Waals surface area contributed by atoms with Crippen LogP contribution in [0.25, 0.3) is 0 Å². The summed E-state index contributed by atoms with van der Waals surface area (Å²) in [5, 5.41) is 3.83. The van der Waals surface area contributed by atoms with Crippen molar-refractivity contribution in [3.63, 3.8) is 0 Å².